The second-order valence-electron chi connectivity index (χ2n) is 5.10. The van der Waals surface area contributed by atoms with E-state index in [1.807, 2.05) is 12.1 Å². The van der Waals surface area contributed by atoms with Crippen LogP contribution in [0.25, 0.3) is 0 Å². The number of nitrogens with zero attached hydrogens (tertiary/aromatic N) is 1. The van der Waals surface area contributed by atoms with Crippen molar-refractivity contribution >= 4 is 11.9 Å². The number of hydrogen-bond donors (Lipinski definition) is 1. The van der Waals surface area contributed by atoms with Gasteiger partial charge in [-0.1, -0.05) is 32.0 Å². The maximum atomic E-state index is 11.9. The highest BCUT2D eigenvalue weighted by atomic mass is 16.5. The molecule has 1 N–H and O–H groups in total. The van der Waals surface area contributed by atoms with Crippen LogP contribution in [0.4, 0.5) is 0 Å². The van der Waals surface area contributed by atoms with Gasteiger partial charge >= 0.3 is 5.97 Å². The molecule has 6 nitrogen and oxygen atoms in total. The third kappa shape index (κ3) is 5.83. The molecule has 0 aliphatic carbocycles. The number of amides is 1. The van der Waals surface area contributed by atoms with Crippen molar-refractivity contribution in [1.29, 1.82) is 5.26 Å². The van der Waals surface area contributed by atoms with Crippen molar-refractivity contribution in [3.8, 4) is 11.8 Å². The zero-order chi connectivity index (χ0) is 16.5. The molecular formula is C16H20N2O4. The van der Waals surface area contributed by atoms with Crippen LogP contribution in [0, 0.1) is 17.2 Å². The van der Waals surface area contributed by atoms with Gasteiger partial charge < -0.3 is 14.8 Å². The summed E-state index contributed by atoms with van der Waals surface area (Å²) < 4.78 is 10.2. The van der Waals surface area contributed by atoms with Gasteiger partial charge in [0.2, 0.25) is 0 Å². The minimum Gasteiger partial charge on any atom is -0.484 e. The largest absolute Gasteiger partial charge is 0.484 e. The van der Waals surface area contributed by atoms with Crippen LogP contribution in [0.2, 0.25) is 0 Å². The van der Waals surface area contributed by atoms with Crippen LogP contribution in [0.1, 0.15) is 20.8 Å². The minimum absolute atomic E-state index is 0.168. The van der Waals surface area contributed by atoms with Crippen LogP contribution in [0.5, 0.6) is 5.75 Å². The number of nitriles is 1. The normalized spacial score (nSPS) is 12.9. The molecule has 1 amide bonds. The Labute approximate surface area is 130 Å². The molecule has 0 aromatic heterocycles. The summed E-state index contributed by atoms with van der Waals surface area (Å²) in [5, 5.41) is 11.2. The lowest BCUT2D eigenvalue weighted by molar-refractivity contribution is -0.151. The van der Waals surface area contributed by atoms with E-state index in [0.29, 0.717) is 5.75 Å². The monoisotopic (exact) mass is 304 g/mol. The fraction of sp³-hybridized carbons (Fsp3) is 0.438. The summed E-state index contributed by atoms with van der Waals surface area (Å²) in [5.74, 6) is -0.653. The third-order valence-corrected chi connectivity index (χ3v) is 2.82. The van der Waals surface area contributed by atoms with Gasteiger partial charge in [0.1, 0.15) is 17.9 Å². The van der Waals surface area contributed by atoms with Gasteiger partial charge in [-0.2, -0.15) is 5.26 Å². The van der Waals surface area contributed by atoms with Crippen molar-refractivity contribution in [2.45, 2.75) is 32.9 Å². The molecule has 0 unspecified atom stereocenters. The first-order valence-electron chi connectivity index (χ1n) is 7.01. The van der Waals surface area contributed by atoms with E-state index in [-0.39, 0.29) is 12.5 Å². The van der Waals surface area contributed by atoms with Gasteiger partial charge in [-0.15, -0.1) is 0 Å². The molecule has 0 fully saturated rings. The molecule has 0 saturated heterocycles. The van der Waals surface area contributed by atoms with E-state index in [1.165, 1.54) is 6.92 Å². The Morgan fingerprint density at radius 2 is 1.86 bits per heavy atom. The molecule has 1 aromatic rings. The molecule has 118 valence electrons. The molecule has 2 atom stereocenters. The first-order chi connectivity index (χ1) is 10.4. The lowest BCUT2D eigenvalue weighted by Gasteiger charge is -2.21. The van der Waals surface area contributed by atoms with E-state index in [0.717, 1.165) is 0 Å². The molecule has 22 heavy (non-hydrogen) atoms. The number of para-hydroxylation sites is 1. The Kier molecular flexibility index (Phi) is 6.90. The molecular weight excluding hydrogens is 284 g/mol. The second kappa shape index (κ2) is 8.67. The number of hydrogen-bond acceptors (Lipinski definition) is 5. The predicted octanol–water partition coefficient (Wildman–Crippen LogP) is 1.66. The predicted molar refractivity (Wildman–Crippen MR) is 79.9 cm³/mol. The van der Waals surface area contributed by atoms with Crippen molar-refractivity contribution in [2.24, 2.45) is 5.92 Å². The number of ether oxygens (including phenoxy) is 2. The molecule has 0 spiro atoms. The Hall–Kier alpha value is -2.55. The number of benzene rings is 1. The molecule has 0 saturated carbocycles. The van der Waals surface area contributed by atoms with E-state index in [1.54, 1.807) is 38.1 Å². The highest BCUT2D eigenvalue weighted by Gasteiger charge is 2.27. The molecule has 1 aromatic carbocycles. The molecule has 0 aliphatic rings. The Morgan fingerprint density at radius 3 is 2.41 bits per heavy atom. The zero-order valence-electron chi connectivity index (χ0n) is 12.9. The smallest absolute Gasteiger partial charge is 0.330 e. The van der Waals surface area contributed by atoms with Gasteiger partial charge in [0, 0.05) is 0 Å². The molecule has 0 radical (unpaired) electrons. The topological polar surface area (TPSA) is 88.4 Å². The van der Waals surface area contributed by atoms with Crippen LogP contribution < -0.4 is 10.1 Å². The molecule has 6 heteroatoms. The number of carbonyl (C=O) groups excluding carboxylic acids is 2. The third-order valence-electron chi connectivity index (χ3n) is 2.82. The number of carbonyl (C=O) groups is 2. The summed E-state index contributed by atoms with van der Waals surface area (Å²) in [6.45, 7) is 4.83. The van der Waals surface area contributed by atoms with Crippen molar-refractivity contribution < 1.29 is 19.1 Å². The van der Waals surface area contributed by atoms with Crippen LogP contribution in [-0.4, -0.2) is 30.6 Å². The molecule has 0 bridgehead atoms. The minimum atomic E-state index is -0.855. The summed E-state index contributed by atoms with van der Waals surface area (Å²) in [7, 11) is 0. The summed E-state index contributed by atoms with van der Waals surface area (Å²) >= 11 is 0. The van der Waals surface area contributed by atoms with E-state index >= 15 is 0 Å². The van der Waals surface area contributed by atoms with Gasteiger partial charge in [0.05, 0.1) is 0 Å². The first-order valence-corrected chi connectivity index (χ1v) is 7.01. The number of rotatable bonds is 7. The summed E-state index contributed by atoms with van der Waals surface area (Å²) in [6.07, 6.45) is -0.855. The average molecular weight is 304 g/mol. The van der Waals surface area contributed by atoms with Gasteiger partial charge in [0.25, 0.3) is 5.91 Å². The lowest BCUT2D eigenvalue weighted by atomic mass is 10.0. The fourth-order valence-electron chi connectivity index (χ4n) is 1.65. The maximum Gasteiger partial charge on any atom is 0.330 e. The maximum absolute atomic E-state index is 11.9. The average Bonchev–Trinajstić information content (AvgIpc) is 2.51. The van der Waals surface area contributed by atoms with Crippen LogP contribution in [0.15, 0.2) is 30.3 Å². The number of esters is 1. The molecule has 0 heterocycles. The van der Waals surface area contributed by atoms with Gasteiger partial charge in [0.15, 0.2) is 12.7 Å². The van der Waals surface area contributed by atoms with Crippen molar-refractivity contribution in [2.75, 3.05) is 6.61 Å². The van der Waals surface area contributed by atoms with Crippen molar-refractivity contribution in [3.05, 3.63) is 30.3 Å². The van der Waals surface area contributed by atoms with Crippen LogP contribution >= 0.6 is 0 Å². The lowest BCUT2D eigenvalue weighted by Crippen LogP contribution is -2.47. The quantitative estimate of drug-likeness (QED) is 0.774. The van der Waals surface area contributed by atoms with E-state index in [4.69, 9.17) is 14.7 Å². The Morgan fingerprint density at radius 1 is 1.23 bits per heavy atom. The van der Waals surface area contributed by atoms with Crippen LogP contribution in [0.3, 0.4) is 0 Å². The Bertz CT molecular complexity index is 537. The number of nitrogens with one attached hydrogen (secondary N) is 1. The van der Waals surface area contributed by atoms with Gasteiger partial charge in [-0.3, -0.25) is 4.79 Å². The molecule has 1 rings (SSSR count). The van der Waals surface area contributed by atoms with Gasteiger partial charge in [-0.05, 0) is 25.0 Å². The standard InChI is InChI=1S/C16H20N2O4/c1-11(2)15(16(20)22-12(3)9-17)18-14(19)10-21-13-7-5-4-6-8-13/h4-8,11-12,15H,10H2,1-3H3,(H,18,19)/t12-,15+/m1/s1. The van der Waals surface area contributed by atoms with Crippen molar-refractivity contribution in [1.82, 2.24) is 5.32 Å². The summed E-state index contributed by atoms with van der Waals surface area (Å²) in [6, 6.07) is 9.89. The van der Waals surface area contributed by atoms with Gasteiger partial charge in [-0.25, -0.2) is 4.79 Å². The summed E-state index contributed by atoms with van der Waals surface area (Å²) in [4.78, 5) is 23.8. The van der Waals surface area contributed by atoms with E-state index in [2.05, 4.69) is 5.32 Å². The SMILES string of the molecule is CC(C)[C@H](NC(=O)COc1ccccc1)C(=O)O[C@H](C)C#N. The second-order valence-corrected chi connectivity index (χ2v) is 5.10. The highest BCUT2D eigenvalue weighted by Crippen LogP contribution is 2.09. The van der Waals surface area contributed by atoms with E-state index < -0.39 is 24.0 Å². The zero-order valence-corrected chi connectivity index (χ0v) is 12.9. The van der Waals surface area contributed by atoms with E-state index in [9.17, 15) is 9.59 Å². The first kappa shape index (κ1) is 17.5. The summed E-state index contributed by atoms with van der Waals surface area (Å²) in [5.41, 5.74) is 0. The Balaban J connectivity index is 2.54. The molecule has 0 aliphatic heterocycles. The fourth-order valence-corrected chi connectivity index (χ4v) is 1.65. The highest BCUT2D eigenvalue weighted by molar-refractivity contribution is 5.85. The van der Waals surface area contributed by atoms with Crippen molar-refractivity contribution in [3.63, 3.8) is 0 Å². The van der Waals surface area contributed by atoms with Crippen LogP contribution in [-0.2, 0) is 14.3 Å².